The van der Waals surface area contributed by atoms with Crippen molar-refractivity contribution >= 4 is 11.3 Å². The van der Waals surface area contributed by atoms with Crippen LogP contribution >= 0.6 is 11.3 Å². The lowest BCUT2D eigenvalue weighted by atomic mass is 9.86. The fraction of sp³-hybridized carbons (Fsp3) is 0.400. The van der Waals surface area contributed by atoms with Gasteiger partial charge in [0.05, 0.1) is 6.04 Å². The molecule has 2 aromatic rings. The molecule has 3 heteroatoms. The SMILES string of the molecule is CNC(c1ccc(C(C)(C)C)cc1)c1nccs1. The van der Waals surface area contributed by atoms with Crippen molar-refractivity contribution < 1.29 is 0 Å². The summed E-state index contributed by atoms with van der Waals surface area (Å²) in [5.41, 5.74) is 2.83. The van der Waals surface area contributed by atoms with Crippen molar-refractivity contribution in [1.29, 1.82) is 0 Å². The molecule has 0 aliphatic carbocycles. The van der Waals surface area contributed by atoms with Gasteiger partial charge in [-0.2, -0.15) is 0 Å². The van der Waals surface area contributed by atoms with Crippen LogP contribution in [0.25, 0.3) is 0 Å². The molecule has 18 heavy (non-hydrogen) atoms. The van der Waals surface area contributed by atoms with E-state index in [-0.39, 0.29) is 11.5 Å². The fourth-order valence-corrected chi connectivity index (χ4v) is 2.76. The Bertz CT molecular complexity index is 480. The van der Waals surface area contributed by atoms with E-state index in [9.17, 15) is 0 Å². The van der Waals surface area contributed by atoms with Crippen molar-refractivity contribution in [3.05, 3.63) is 52.0 Å². The van der Waals surface area contributed by atoms with E-state index in [1.165, 1.54) is 11.1 Å². The molecule has 0 radical (unpaired) electrons. The Balaban J connectivity index is 2.28. The average molecular weight is 260 g/mol. The van der Waals surface area contributed by atoms with Gasteiger partial charge in [0.25, 0.3) is 0 Å². The molecule has 1 unspecified atom stereocenters. The van der Waals surface area contributed by atoms with Crippen LogP contribution < -0.4 is 5.32 Å². The average Bonchev–Trinajstić information content (AvgIpc) is 2.83. The fourth-order valence-electron chi connectivity index (χ4n) is 1.99. The third-order valence-electron chi connectivity index (χ3n) is 3.10. The summed E-state index contributed by atoms with van der Waals surface area (Å²) >= 11 is 1.69. The first-order valence-electron chi connectivity index (χ1n) is 6.19. The van der Waals surface area contributed by atoms with Gasteiger partial charge in [0.1, 0.15) is 5.01 Å². The van der Waals surface area contributed by atoms with Gasteiger partial charge in [-0.05, 0) is 23.6 Å². The molecule has 2 nitrogen and oxygen atoms in total. The normalized spacial score (nSPS) is 13.6. The molecule has 0 aliphatic rings. The van der Waals surface area contributed by atoms with Crippen LogP contribution in [0.5, 0.6) is 0 Å². The topological polar surface area (TPSA) is 24.9 Å². The quantitative estimate of drug-likeness (QED) is 0.909. The summed E-state index contributed by atoms with van der Waals surface area (Å²) in [5, 5.41) is 6.46. The van der Waals surface area contributed by atoms with E-state index in [0.29, 0.717) is 0 Å². The third kappa shape index (κ3) is 2.79. The van der Waals surface area contributed by atoms with E-state index in [2.05, 4.69) is 55.3 Å². The van der Waals surface area contributed by atoms with E-state index >= 15 is 0 Å². The summed E-state index contributed by atoms with van der Waals surface area (Å²) < 4.78 is 0. The first kappa shape index (κ1) is 13.2. The molecular weight excluding hydrogens is 240 g/mol. The van der Waals surface area contributed by atoms with Gasteiger partial charge in [-0.3, -0.25) is 0 Å². The van der Waals surface area contributed by atoms with Crippen LogP contribution in [-0.2, 0) is 5.41 Å². The van der Waals surface area contributed by atoms with Crippen molar-refractivity contribution in [2.24, 2.45) is 0 Å². The van der Waals surface area contributed by atoms with E-state index < -0.39 is 0 Å². The lowest BCUT2D eigenvalue weighted by Gasteiger charge is -2.20. The summed E-state index contributed by atoms with van der Waals surface area (Å²) in [6.07, 6.45) is 1.86. The highest BCUT2D eigenvalue weighted by Gasteiger charge is 2.17. The van der Waals surface area contributed by atoms with Gasteiger partial charge < -0.3 is 5.32 Å². The number of thiazole rings is 1. The maximum Gasteiger partial charge on any atom is 0.114 e. The summed E-state index contributed by atoms with van der Waals surface area (Å²) in [6, 6.07) is 9.02. The van der Waals surface area contributed by atoms with Crippen molar-refractivity contribution in [2.75, 3.05) is 7.05 Å². The molecule has 0 saturated carbocycles. The standard InChI is InChI=1S/C15H20N2S/c1-15(2,3)12-7-5-11(6-8-12)13(16-4)14-17-9-10-18-14/h5-10,13,16H,1-4H3. The molecule has 0 fully saturated rings. The lowest BCUT2D eigenvalue weighted by molar-refractivity contribution is 0.589. The smallest absolute Gasteiger partial charge is 0.114 e. The highest BCUT2D eigenvalue weighted by Crippen LogP contribution is 2.27. The zero-order valence-electron chi connectivity index (χ0n) is 11.4. The molecular formula is C15H20N2S. The zero-order chi connectivity index (χ0) is 13.2. The van der Waals surface area contributed by atoms with Gasteiger partial charge in [-0.15, -0.1) is 11.3 Å². The Labute approximate surface area is 113 Å². The predicted octanol–water partition coefficient (Wildman–Crippen LogP) is 3.75. The Morgan fingerprint density at radius 1 is 1.17 bits per heavy atom. The number of hydrogen-bond acceptors (Lipinski definition) is 3. The molecule has 1 aromatic heterocycles. The van der Waals surface area contributed by atoms with Crippen LogP contribution in [-0.4, -0.2) is 12.0 Å². The molecule has 1 heterocycles. The van der Waals surface area contributed by atoms with Gasteiger partial charge in [-0.25, -0.2) is 4.98 Å². The van der Waals surface area contributed by atoms with Crippen molar-refractivity contribution in [2.45, 2.75) is 32.2 Å². The van der Waals surface area contributed by atoms with Crippen LogP contribution in [0.3, 0.4) is 0 Å². The van der Waals surface area contributed by atoms with Crippen molar-refractivity contribution in [3.63, 3.8) is 0 Å². The number of nitrogens with one attached hydrogen (secondary N) is 1. The highest BCUT2D eigenvalue weighted by atomic mass is 32.1. The summed E-state index contributed by atoms with van der Waals surface area (Å²) in [6.45, 7) is 6.70. The van der Waals surface area contributed by atoms with Gasteiger partial charge in [0.2, 0.25) is 0 Å². The zero-order valence-corrected chi connectivity index (χ0v) is 12.2. The van der Waals surface area contributed by atoms with E-state index in [1.54, 1.807) is 11.3 Å². The molecule has 0 amide bonds. The largest absolute Gasteiger partial charge is 0.307 e. The van der Waals surface area contributed by atoms with E-state index in [0.717, 1.165) is 5.01 Å². The van der Waals surface area contributed by atoms with Crippen LogP contribution in [0.4, 0.5) is 0 Å². The second-order valence-electron chi connectivity index (χ2n) is 5.46. The maximum absolute atomic E-state index is 4.39. The van der Waals surface area contributed by atoms with E-state index in [4.69, 9.17) is 0 Å². The van der Waals surface area contributed by atoms with Crippen LogP contribution in [0, 0.1) is 0 Å². The minimum absolute atomic E-state index is 0.194. The second kappa shape index (κ2) is 5.21. The number of aromatic nitrogens is 1. The van der Waals surface area contributed by atoms with Crippen molar-refractivity contribution in [3.8, 4) is 0 Å². The van der Waals surface area contributed by atoms with Gasteiger partial charge in [0, 0.05) is 11.6 Å². The molecule has 0 aliphatic heterocycles. The van der Waals surface area contributed by atoms with Crippen LogP contribution in [0.15, 0.2) is 35.8 Å². The Morgan fingerprint density at radius 2 is 1.83 bits per heavy atom. The molecule has 1 N–H and O–H groups in total. The van der Waals surface area contributed by atoms with E-state index in [1.807, 2.05) is 18.6 Å². The molecule has 2 rings (SSSR count). The molecule has 0 spiro atoms. The van der Waals surface area contributed by atoms with Gasteiger partial charge in [0.15, 0.2) is 0 Å². The Hall–Kier alpha value is -1.19. The summed E-state index contributed by atoms with van der Waals surface area (Å²) in [5.74, 6) is 0. The lowest BCUT2D eigenvalue weighted by Crippen LogP contribution is -2.18. The van der Waals surface area contributed by atoms with Crippen molar-refractivity contribution in [1.82, 2.24) is 10.3 Å². The molecule has 0 bridgehead atoms. The minimum atomic E-state index is 0.194. The Kier molecular flexibility index (Phi) is 3.83. The predicted molar refractivity (Wildman–Crippen MR) is 78.2 cm³/mol. The molecule has 1 atom stereocenters. The molecule has 96 valence electrons. The number of hydrogen-bond donors (Lipinski definition) is 1. The van der Waals surface area contributed by atoms with Gasteiger partial charge in [-0.1, -0.05) is 45.0 Å². The number of rotatable bonds is 3. The maximum atomic E-state index is 4.39. The summed E-state index contributed by atoms with van der Waals surface area (Å²) in [7, 11) is 1.98. The first-order chi connectivity index (χ1) is 8.52. The third-order valence-corrected chi connectivity index (χ3v) is 3.94. The minimum Gasteiger partial charge on any atom is -0.307 e. The highest BCUT2D eigenvalue weighted by molar-refractivity contribution is 7.09. The van der Waals surface area contributed by atoms with Crippen LogP contribution in [0.1, 0.15) is 42.9 Å². The van der Waals surface area contributed by atoms with Gasteiger partial charge >= 0.3 is 0 Å². The second-order valence-corrected chi connectivity index (χ2v) is 6.39. The number of benzene rings is 1. The summed E-state index contributed by atoms with van der Waals surface area (Å²) in [4.78, 5) is 4.39. The molecule has 0 saturated heterocycles. The van der Waals surface area contributed by atoms with Crippen LogP contribution in [0.2, 0.25) is 0 Å². The first-order valence-corrected chi connectivity index (χ1v) is 7.07. The molecule has 1 aromatic carbocycles. The Morgan fingerprint density at radius 3 is 2.28 bits per heavy atom. The monoisotopic (exact) mass is 260 g/mol. The number of nitrogens with zero attached hydrogens (tertiary/aromatic N) is 1.